The molecule has 0 aliphatic carbocycles. The van der Waals surface area contributed by atoms with Crippen molar-refractivity contribution in [3.63, 3.8) is 0 Å². The molecule has 0 amide bonds. The first kappa shape index (κ1) is 30.1. The van der Waals surface area contributed by atoms with E-state index in [0.29, 0.717) is 47.7 Å². The van der Waals surface area contributed by atoms with Gasteiger partial charge in [0.1, 0.15) is 12.6 Å². The largest absolute Gasteiger partial charge is 0.493 e. The molecule has 1 aromatic heterocycles. The first-order chi connectivity index (χ1) is 20.2. The number of halogens is 3. The Morgan fingerprint density at radius 2 is 1.83 bits per heavy atom. The molecule has 0 N–H and O–H groups in total. The van der Waals surface area contributed by atoms with Crippen LogP contribution in [0.15, 0.2) is 86.2 Å². The van der Waals surface area contributed by atoms with Crippen molar-refractivity contribution in [1.82, 2.24) is 4.57 Å². The molecule has 0 spiro atoms. The maximum absolute atomic E-state index is 14.1. The number of carbonyl (C=O) groups excluding carboxylic acids is 1. The van der Waals surface area contributed by atoms with Crippen LogP contribution in [0.5, 0.6) is 11.5 Å². The number of rotatable bonds is 8. The van der Waals surface area contributed by atoms with E-state index in [0.717, 1.165) is 10.0 Å². The Kier molecular flexibility index (Phi) is 9.22. The van der Waals surface area contributed by atoms with Gasteiger partial charge >= 0.3 is 5.97 Å². The summed E-state index contributed by atoms with van der Waals surface area (Å²) in [6.07, 6.45) is 1.73. The monoisotopic (exact) mass is 686 g/mol. The van der Waals surface area contributed by atoms with Crippen molar-refractivity contribution in [3.05, 3.63) is 123 Å². The maximum atomic E-state index is 14.1. The summed E-state index contributed by atoms with van der Waals surface area (Å²) in [7, 11) is 1.55. The Balaban J connectivity index is 1.68. The summed E-state index contributed by atoms with van der Waals surface area (Å²) in [5.74, 6) is 0.368. The summed E-state index contributed by atoms with van der Waals surface area (Å²) in [5.41, 5.74) is 2.38. The van der Waals surface area contributed by atoms with Crippen LogP contribution in [0.1, 0.15) is 36.6 Å². The predicted octanol–water partition coefficient (Wildman–Crippen LogP) is 6.46. The fourth-order valence-electron chi connectivity index (χ4n) is 4.69. The zero-order valence-electron chi connectivity index (χ0n) is 22.8. The normalized spacial score (nSPS) is 14.8. The van der Waals surface area contributed by atoms with Crippen LogP contribution in [0.25, 0.3) is 6.08 Å². The molecule has 5 rings (SSSR count). The smallest absolute Gasteiger partial charge is 0.338 e. The van der Waals surface area contributed by atoms with Crippen molar-refractivity contribution in [3.8, 4) is 11.5 Å². The zero-order chi connectivity index (χ0) is 30.0. The van der Waals surface area contributed by atoms with Crippen molar-refractivity contribution >= 4 is 62.5 Å². The number of carbonyl (C=O) groups is 1. The molecule has 0 radical (unpaired) electrons. The van der Waals surface area contributed by atoms with Gasteiger partial charge in [-0.3, -0.25) is 9.36 Å². The summed E-state index contributed by atoms with van der Waals surface area (Å²) in [6.45, 7) is 3.82. The molecule has 4 aromatic rings. The molecular formula is C31H25BrCl2N2O5S. The molecule has 11 heteroatoms. The number of aromatic nitrogens is 1. The molecule has 0 saturated heterocycles. The number of thiazole rings is 1. The number of ether oxygens (including phenoxy) is 3. The molecular weight excluding hydrogens is 663 g/mol. The SMILES string of the molecule is CCOC(=O)C1=C(C)N=c2s/c(=C\c3cc(Br)cc(OC)c3OCc3ccccc3Cl)c(=O)n2[C@@H]1c1ccccc1Cl. The summed E-state index contributed by atoms with van der Waals surface area (Å²) in [5, 5.41) is 0.997. The van der Waals surface area contributed by atoms with E-state index in [9.17, 15) is 9.59 Å². The van der Waals surface area contributed by atoms with Gasteiger partial charge in [-0.15, -0.1) is 0 Å². The summed E-state index contributed by atoms with van der Waals surface area (Å²) < 4.78 is 19.8. The van der Waals surface area contributed by atoms with Gasteiger partial charge in [0.15, 0.2) is 16.3 Å². The number of fused-ring (bicyclic) bond motifs is 1. The molecule has 0 fully saturated rings. The van der Waals surface area contributed by atoms with Crippen molar-refractivity contribution in [2.45, 2.75) is 26.5 Å². The molecule has 7 nitrogen and oxygen atoms in total. The van der Waals surface area contributed by atoms with Crippen molar-refractivity contribution in [2.24, 2.45) is 4.99 Å². The maximum Gasteiger partial charge on any atom is 0.338 e. The third kappa shape index (κ3) is 5.92. The second-order valence-electron chi connectivity index (χ2n) is 9.23. The first-order valence-electron chi connectivity index (χ1n) is 12.9. The lowest BCUT2D eigenvalue weighted by Crippen LogP contribution is -2.40. The van der Waals surface area contributed by atoms with Crippen molar-refractivity contribution in [2.75, 3.05) is 13.7 Å². The van der Waals surface area contributed by atoms with E-state index in [4.69, 9.17) is 37.4 Å². The average molecular weight is 688 g/mol. The van der Waals surface area contributed by atoms with Crippen LogP contribution < -0.4 is 24.4 Å². The Morgan fingerprint density at radius 1 is 1.12 bits per heavy atom. The zero-order valence-corrected chi connectivity index (χ0v) is 26.7. The summed E-state index contributed by atoms with van der Waals surface area (Å²) in [6, 6.07) is 17.3. The van der Waals surface area contributed by atoms with Crippen molar-refractivity contribution in [1.29, 1.82) is 0 Å². The molecule has 0 saturated carbocycles. The average Bonchev–Trinajstić information content (AvgIpc) is 3.26. The molecule has 42 heavy (non-hydrogen) atoms. The van der Waals surface area contributed by atoms with Gasteiger partial charge in [-0.25, -0.2) is 9.79 Å². The topological polar surface area (TPSA) is 79.1 Å². The van der Waals surface area contributed by atoms with Gasteiger partial charge in [-0.1, -0.05) is 86.9 Å². The number of hydrogen-bond acceptors (Lipinski definition) is 7. The molecule has 216 valence electrons. The van der Waals surface area contributed by atoms with E-state index in [-0.39, 0.29) is 24.3 Å². The van der Waals surface area contributed by atoms with E-state index >= 15 is 0 Å². The summed E-state index contributed by atoms with van der Waals surface area (Å²) in [4.78, 5) is 32.3. The Labute approximate surface area is 264 Å². The van der Waals surface area contributed by atoms with E-state index < -0.39 is 12.0 Å². The third-order valence-electron chi connectivity index (χ3n) is 6.60. The Morgan fingerprint density at radius 3 is 2.52 bits per heavy atom. The predicted molar refractivity (Wildman–Crippen MR) is 168 cm³/mol. The number of nitrogens with zero attached hydrogens (tertiary/aromatic N) is 2. The van der Waals surface area contributed by atoms with E-state index in [1.807, 2.05) is 30.3 Å². The van der Waals surface area contributed by atoms with E-state index in [2.05, 4.69) is 20.9 Å². The lowest BCUT2D eigenvalue weighted by atomic mass is 9.96. The number of benzene rings is 3. The molecule has 2 heterocycles. The number of allylic oxidation sites excluding steroid dienone is 1. The lowest BCUT2D eigenvalue weighted by Gasteiger charge is -2.25. The molecule has 0 bridgehead atoms. The molecule has 1 aliphatic rings. The minimum absolute atomic E-state index is 0.178. The number of hydrogen-bond donors (Lipinski definition) is 0. The number of methoxy groups -OCH3 is 1. The second kappa shape index (κ2) is 12.9. The third-order valence-corrected chi connectivity index (χ3v) is 8.76. The molecule has 3 aromatic carbocycles. The van der Waals surface area contributed by atoms with Crippen LogP contribution in [0.3, 0.4) is 0 Å². The van der Waals surface area contributed by atoms with Crippen LogP contribution in [0.2, 0.25) is 10.0 Å². The standard InChI is InChI=1S/C31H25BrCl2N2O5S/c1-4-40-30(38)26-17(2)35-31-36(27(26)21-10-6-8-12-23(21)34)29(37)25(42-31)14-19-13-20(32)15-24(39-3)28(19)41-16-18-9-5-7-11-22(18)33/h5-15,27H,4,16H2,1-3H3/b25-14-/t27-/m1/s1. The van der Waals surface area contributed by atoms with Crippen LogP contribution >= 0.6 is 50.5 Å². The van der Waals surface area contributed by atoms with Crippen LogP contribution in [-0.2, 0) is 16.1 Å². The fourth-order valence-corrected chi connectivity index (χ4v) is 6.61. The highest BCUT2D eigenvalue weighted by atomic mass is 79.9. The molecule has 1 aliphatic heterocycles. The van der Waals surface area contributed by atoms with Gasteiger partial charge in [-0.05, 0) is 49.8 Å². The van der Waals surface area contributed by atoms with Gasteiger partial charge in [0.25, 0.3) is 5.56 Å². The Bertz CT molecular complexity index is 1900. The van der Waals surface area contributed by atoms with E-state index in [1.54, 1.807) is 57.4 Å². The van der Waals surface area contributed by atoms with Gasteiger partial charge in [0.2, 0.25) is 0 Å². The summed E-state index contributed by atoms with van der Waals surface area (Å²) >= 11 is 17.7. The van der Waals surface area contributed by atoms with Crippen LogP contribution in [-0.4, -0.2) is 24.3 Å². The quantitative estimate of drug-likeness (QED) is 0.199. The van der Waals surface area contributed by atoms with Crippen molar-refractivity contribution < 1.29 is 19.0 Å². The van der Waals surface area contributed by atoms with Gasteiger partial charge < -0.3 is 14.2 Å². The minimum atomic E-state index is -0.816. The van der Waals surface area contributed by atoms with Gasteiger partial charge in [0, 0.05) is 25.6 Å². The second-order valence-corrected chi connectivity index (χ2v) is 12.0. The molecule has 1 atom stereocenters. The number of esters is 1. The van der Waals surface area contributed by atoms with Gasteiger partial charge in [-0.2, -0.15) is 0 Å². The van der Waals surface area contributed by atoms with E-state index in [1.165, 1.54) is 15.9 Å². The van der Waals surface area contributed by atoms with Crippen LogP contribution in [0, 0.1) is 0 Å². The minimum Gasteiger partial charge on any atom is -0.493 e. The highest BCUT2D eigenvalue weighted by molar-refractivity contribution is 9.10. The van der Waals surface area contributed by atoms with Crippen LogP contribution in [0.4, 0.5) is 0 Å². The lowest BCUT2D eigenvalue weighted by molar-refractivity contribution is -0.139. The highest BCUT2D eigenvalue weighted by Gasteiger charge is 2.34. The highest BCUT2D eigenvalue weighted by Crippen LogP contribution is 2.37. The fraction of sp³-hybridized carbons (Fsp3) is 0.194. The first-order valence-corrected chi connectivity index (χ1v) is 15.3. The molecule has 0 unspecified atom stereocenters. The Hall–Kier alpha value is -3.37. The van der Waals surface area contributed by atoms with Gasteiger partial charge in [0.05, 0.1) is 29.5 Å².